The summed E-state index contributed by atoms with van der Waals surface area (Å²) < 4.78 is 28.3. The molecule has 30 heavy (non-hydrogen) atoms. The first-order valence-electron chi connectivity index (χ1n) is 10.2. The normalized spacial score (nSPS) is 17.3. The van der Waals surface area contributed by atoms with E-state index in [0.29, 0.717) is 18.8 Å². The van der Waals surface area contributed by atoms with Gasteiger partial charge in [-0.05, 0) is 62.6 Å². The van der Waals surface area contributed by atoms with Crippen LogP contribution in [0.5, 0.6) is 0 Å². The number of halogens is 1. The monoisotopic (exact) mass is 493 g/mol. The summed E-state index contributed by atoms with van der Waals surface area (Å²) >= 11 is 3.42. The third-order valence-electron chi connectivity index (χ3n) is 5.32. The van der Waals surface area contributed by atoms with Crippen molar-refractivity contribution in [3.8, 4) is 0 Å². The smallest absolute Gasteiger partial charge is 0.243 e. The van der Waals surface area contributed by atoms with Crippen LogP contribution in [0, 0.1) is 0 Å². The van der Waals surface area contributed by atoms with Gasteiger partial charge in [-0.3, -0.25) is 10.1 Å². The molecular formula is C22H28BrN3O3S. The van der Waals surface area contributed by atoms with E-state index in [2.05, 4.69) is 26.6 Å². The van der Waals surface area contributed by atoms with Gasteiger partial charge in [0.1, 0.15) is 0 Å². The van der Waals surface area contributed by atoms with E-state index in [1.165, 1.54) is 10.4 Å². The van der Waals surface area contributed by atoms with Gasteiger partial charge in [0.2, 0.25) is 15.9 Å². The number of nitrogens with one attached hydrogen (secondary N) is 2. The largest absolute Gasteiger partial charge is 0.325 e. The van der Waals surface area contributed by atoms with E-state index < -0.39 is 16.1 Å². The van der Waals surface area contributed by atoms with Gasteiger partial charge < -0.3 is 5.32 Å². The van der Waals surface area contributed by atoms with Crippen molar-refractivity contribution in [2.75, 3.05) is 18.4 Å². The molecule has 1 fully saturated rings. The maximum absolute atomic E-state index is 12.9. The number of amides is 1. The van der Waals surface area contributed by atoms with Crippen molar-refractivity contribution in [2.24, 2.45) is 0 Å². The average Bonchev–Trinajstić information content (AvgIpc) is 2.75. The Morgan fingerprint density at radius 2 is 1.70 bits per heavy atom. The first-order chi connectivity index (χ1) is 14.3. The summed E-state index contributed by atoms with van der Waals surface area (Å²) in [5.74, 6) is -0.216. The van der Waals surface area contributed by atoms with Crippen molar-refractivity contribution in [1.82, 2.24) is 9.62 Å². The summed E-state index contributed by atoms with van der Waals surface area (Å²) in [6.07, 6.45) is 2.83. The van der Waals surface area contributed by atoms with Gasteiger partial charge in [-0.2, -0.15) is 4.31 Å². The number of anilines is 1. The van der Waals surface area contributed by atoms with Crippen LogP contribution in [-0.4, -0.2) is 37.8 Å². The lowest BCUT2D eigenvalue weighted by molar-refractivity contribution is -0.117. The summed E-state index contributed by atoms with van der Waals surface area (Å²) in [6, 6.07) is 14.0. The molecule has 2 atom stereocenters. The molecule has 8 heteroatoms. The molecule has 0 spiro atoms. The predicted molar refractivity (Wildman–Crippen MR) is 123 cm³/mol. The van der Waals surface area contributed by atoms with E-state index in [0.717, 1.165) is 29.3 Å². The van der Waals surface area contributed by atoms with E-state index in [9.17, 15) is 13.2 Å². The fourth-order valence-electron chi connectivity index (χ4n) is 3.54. The SMILES string of the molecule is CC(NC(C)c1ccc(Br)cc1)C(=O)Nc1cccc(S(=O)(=O)N2CCCCC2)c1. The molecule has 6 nitrogen and oxygen atoms in total. The molecule has 0 saturated carbocycles. The third-order valence-corrected chi connectivity index (χ3v) is 7.74. The van der Waals surface area contributed by atoms with Gasteiger partial charge in [0.25, 0.3) is 0 Å². The third kappa shape index (κ3) is 5.69. The Balaban J connectivity index is 1.64. The van der Waals surface area contributed by atoms with E-state index in [1.807, 2.05) is 31.2 Å². The van der Waals surface area contributed by atoms with Crippen LogP contribution in [0.3, 0.4) is 0 Å². The van der Waals surface area contributed by atoms with Gasteiger partial charge >= 0.3 is 0 Å². The van der Waals surface area contributed by atoms with Crippen molar-refractivity contribution in [2.45, 2.75) is 50.1 Å². The summed E-state index contributed by atoms with van der Waals surface area (Å²) in [4.78, 5) is 12.9. The summed E-state index contributed by atoms with van der Waals surface area (Å²) in [7, 11) is -3.54. The molecule has 3 rings (SSSR count). The van der Waals surface area contributed by atoms with Gasteiger partial charge in [0.05, 0.1) is 10.9 Å². The average molecular weight is 494 g/mol. The Morgan fingerprint density at radius 3 is 2.37 bits per heavy atom. The molecule has 162 valence electrons. The fourth-order valence-corrected chi connectivity index (χ4v) is 5.37. The minimum atomic E-state index is -3.54. The van der Waals surface area contributed by atoms with Gasteiger partial charge in [0, 0.05) is 29.3 Å². The second kappa shape index (κ2) is 10.0. The number of hydrogen-bond donors (Lipinski definition) is 2. The van der Waals surface area contributed by atoms with Crippen molar-refractivity contribution < 1.29 is 13.2 Å². The zero-order valence-electron chi connectivity index (χ0n) is 17.3. The molecule has 1 saturated heterocycles. The summed E-state index contributed by atoms with van der Waals surface area (Å²) in [5.41, 5.74) is 1.55. The van der Waals surface area contributed by atoms with E-state index in [1.54, 1.807) is 25.1 Å². The zero-order valence-corrected chi connectivity index (χ0v) is 19.7. The number of hydrogen-bond acceptors (Lipinski definition) is 4. The van der Waals surface area contributed by atoms with Gasteiger partial charge in [-0.25, -0.2) is 8.42 Å². The molecule has 2 aromatic rings. The number of benzene rings is 2. The van der Waals surface area contributed by atoms with Crippen LogP contribution in [0.15, 0.2) is 57.9 Å². The number of nitrogens with zero attached hydrogens (tertiary/aromatic N) is 1. The lowest BCUT2D eigenvalue weighted by Crippen LogP contribution is -2.39. The first-order valence-corrected chi connectivity index (χ1v) is 12.4. The summed E-state index contributed by atoms with van der Waals surface area (Å²) in [5, 5.41) is 6.11. The predicted octanol–water partition coefficient (Wildman–Crippen LogP) is 4.30. The van der Waals surface area contributed by atoms with Crippen LogP contribution >= 0.6 is 15.9 Å². The molecule has 0 bridgehead atoms. The molecule has 2 aromatic carbocycles. The Labute approximate surface area is 187 Å². The highest BCUT2D eigenvalue weighted by Gasteiger charge is 2.26. The van der Waals surface area contributed by atoms with Crippen LogP contribution in [0.25, 0.3) is 0 Å². The molecular weight excluding hydrogens is 466 g/mol. The van der Waals surface area contributed by atoms with Crippen LogP contribution in [0.4, 0.5) is 5.69 Å². The van der Waals surface area contributed by atoms with E-state index in [4.69, 9.17) is 0 Å². The lowest BCUT2D eigenvalue weighted by atomic mass is 10.1. The first kappa shape index (κ1) is 22.9. The van der Waals surface area contributed by atoms with Crippen LogP contribution < -0.4 is 10.6 Å². The van der Waals surface area contributed by atoms with Gasteiger partial charge in [0.15, 0.2) is 0 Å². The molecule has 2 unspecified atom stereocenters. The Bertz CT molecular complexity index is 973. The van der Waals surface area contributed by atoms with Gasteiger partial charge in [-0.15, -0.1) is 0 Å². The molecule has 1 heterocycles. The lowest BCUT2D eigenvalue weighted by Gasteiger charge is -2.26. The van der Waals surface area contributed by atoms with Crippen LogP contribution in [0.1, 0.15) is 44.7 Å². The van der Waals surface area contributed by atoms with Crippen molar-refractivity contribution in [3.05, 3.63) is 58.6 Å². The maximum Gasteiger partial charge on any atom is 0.243 e. The zero-order chi connectivity index (χ0) is 21.7. The molecule has 1 aliphatic heterocycles. The second-order valence-electron chi connectivity index (χ2n) is 7.64. The highest BCUT2D eigenvalue weighted by atomic mass is 79.9. The molecule has 2 N–H and O–H groups in total. The van der Waals surface area contributed by atoms with Crippen molar-refractivity contribution in [1.29, 1.82) is 0 Å². The second-order valence-corrected chi connectivity index (χ2v) is 10.5. The van der Waals surface area contributed by atoms with Crippen LogP contribution in [-0.2, 0) is 14.8 Å². The fraction of sp³-hybridized carbons (Fsp3) is 0.409. The number of piperidine rings is 1. The molecule has 0 radical (unpaired) electrons. The number of rotatable bonds is 7. The van der Waals surface area contributed by atoms with E-state index in [-0.39, 0.29) is 16.8 Å². The van der Waals surface area contributed by atoms with E-state index >= 15 is 0 Å². The van der Waals surface area contributed by atoms with Crippen LogP contribution in [0.2, 0.25) is 0 Å². The number of sulfonamides is 1. The van der Waals surface area contributed by atoms with Gasteiger partial charge in [-0.1, -0.05) is 40.5 Å². The Morgan fingerprint density at radius 1 is 1.03 bits per heavy atom. The Hall–Kier alpha value is -1.74. The molecule has 0 aromatic heterocycles. The quantitative estimate of drug-likeness (QED) is 0.602. The highest BCUT2D eigenvalue weighted by molar-refractivity contribution is 9.10. The molecule has 1 amide bonds. The molecule has 0 aliphatic carbocycles. The summed E-state index contributed by atoms with van der Waals surface area (Å²) in [6.45, 7) is 4.89. The molecule has 1 aliphatic rings. The Kier molecular flexibility index (Phi) is 7.68. The maximum atomic E-state index is 12.9. The topological polar surface area (TPSA) is 78.5 Å². The number of carbonyl (C=O) groups is 1. The highest BCUT2D eigenvalue weighted by Crippen LogP contribution is 2.23. The minimum absolute atomic E-state index is 0.00957. The standard InChI is InChI=1S/C22H28BrN3O3S/c1-16(18-9-11-19(23)12-10-18)24-17(2)22(27)25-20-7-6-8-21(15-20)30(28,29)26-13-4-3-5-14-26/h6-12,15-17,24H,3-5,13-14H2,1-2H3,(H,25,27). The van der Waals surface area contributed by atoms with Crippen molar-refractivity contribution >= 4 is 37.5 Å². The van der Waals surface area contributed by atoms with Crippen molar-refractivity contribution in [3.63, 3.8) is 0 Å². The number of carbonyl (C=O) groups excluding carboxylic acids is 1. The minimum Gasteiger partial charge on any atom is -0.325 e.